The van der Waals surface area contributed by atoms with Crippen LogP contribution in [0.15, 0.2) is 18.2 Å². The standard InChI is InChI=1S/C13H20ClN3O2/c1-2-17(6-3-7-18)9-13(19)16-12-5-4-10(14)8-11(12)15/h4-5,8,18H,2-3,6-7,9,15H2,1H3,(H,16,19). The summed E-state index contributed by atoms with van der Waals surface area (Å²) in [6, 6.07) is 4.96. The summed E-state index contributed by atoms with van der Waals surface area (Å²) in [5.41, 5.74) is 6.77. The summed E-state index contributed by atoms with van der Waals surface area (Å²) >= 11 is 5.79. The first-order valence-electron chi connectivity index (χ1n) is 6.25. The molecule has 0 atom stereocenters. The number of halogens is 1. The molecule has 1 aromatic rings. The zero-order chi connectivity index (χ0) is 14.3. The maximum atomic E-state index is 11.9. The van der Waals surface area contributed by atoms with Crippen molar-refractivity contribution in [2.45, 2.75) is 13.3 Å². The average molecular weight is 286 g/mol. The number of aliphatic hydroxyl groups is 1. The van der Waals surface area contributed by atoms with E-state index < -0.39 is 0 Å². The highest BCUT2D eigenvalue weighted by atomic mass is 35.5. The van der Waals surface area contributed by atoms with Crippen LogP contribution >= 0.6 is 11.6 Å². The van der Waals surface area contributed by atoms with Gasteiger partial charge in [-0.05, 0) is 31.2 Å². The zero-order valence-electron chi connectivity index (χ0n) is 11.0. The van der Waals surface area contributed by atoms with Crippen LogP contribution in [0.1, 0.15) is 13.3 Å². The molecule has 4 N–H and O–H groups in total. The summed E-state index contributed by atoms with van der Waals surface area (Å²) in [5, 5.41) is 12.1. The van der Waals surface area contributed by atoms with Gasteiger partial charge in [-0.15, -0.1) is 0 Å². The average Bonchev–Trinajstić information content (AvgIpc) is 2.38. The molecule has 0 bridgehead atoms. The van der Waals surface area contributed by atoms with Crippen molar-refractivity contribution in [3.63, 3.8) is 0 Å². The van der Waals surface area contributed by atoms with Gasteiger partial charge >= 0.3 is 0 Å². The van der Waals surface area contributed by atoms with E-state index >= 15 is 0 Å². The molecule has 0 radical (unpaired) electrons. The third kappa shape index (κ3) is 5.46. The Kier molecular flexibility index (Phi) is 6.62. The van der Waals surface area contributed by atoms with Crippen LogP contribution in [0, 0.1) is 0 Å². The minimum atomic E-state index is -0.131. The monoisotopic (exact) mass is 285 g/mol. The number of hydrogen-bond donors (Lipinski definition) is 3. The molecule has 0 aliphatic rings. The molecule has 1 rings (SSSR count). The van der Waals surface area contributed by atoms with Crippen molar-refractivity contribution in [3.8, 4) is 0 Å². The lowest BCUT2D eigenvalue weighted by Crippen LogP contribution is -2.34. The third-order valence-corrected chi connectivity index (χ3v) is 2.97. The van der Waals surface area contributed by atoms with Crippen LogP contribution in [-0.4, -0.2) is 42.2 Å². The van der Waals surface area contributed by atoms with Crippen LogP contribution in [0.3, 0.4) is 0 Å². The molecule has 0 unspecified atom stereocenters. The van der Waals surface area contributed by atoms with E-state index in [1.807, 2.05) is 11.8 Å². The van der Waals surface area contributed by atoms with Gasteiger partial charge in [-0.3, -0.25) is 9.69 Å². The molecule has 6 heteroatoms. The zero-order valence-corrected chi connectivity index (χ0v) is 11.8. The predicted molar refractivity (Wildman–Crippen MR) is 78.3 cm³/mol. The van der Waals surface area contributed by atoms with Gasteiger partial charge in [0.1, 0.15) is 0 Å². The molecule has 0 aliphatic heterocycles. The Labute approximate surface area is 118 Å². The van der Waals surface area contributed by atoms with Gasteiger partial charge in [0.15, 0.2) is 0 Å². The third-order valence-electron chi connectivity index (χ3n) is 2.73. The van der Waals surface area contributed by atoms with Gasteiger partial charge in [0.25, 0.3) is 0 Å². The summed E-state index contributed by atoms with van der Waals surface area (Å²) in [7, 11) is 0. The van der Waals surface area contributed by atoms with Gasteiger partial charge in [0.2, 0.25) is 5.91 Å². The number of nitrogens with zero attached hydrogens (tertiary/aromatic N) is 1. The number of nitrogens with two attached hydrogens (primary N) is 1. The molecule has 0 saturated heterocycles. The summed E-state index contributed by atoms with van der Waals surface area (Å²) in [5.74, 6) is -0.131. The Morgan fingerprint density at radius 3 is 2.84 bits per heavy atom. The Bertz CT molecular complexity index is 426. The van der Waals surface area contributed by atoms with Crippen molar-refractivity contribution in [1.29, 1.82) is 0 Å². The molecule has 0 spiro atoms. The van der Waals surface area contributed by atoms with Crippen LogP contribution in [0.2, 0.25) is 5.02 Å². The lowest BCUT2D eigenvalue weighted by Gasteiger charge is -2.19. The maximum absolute atomic E-state index is 11.9. The Morgan fingerprint density at radius 1 is 1.53 bits per heavy atom. The number of nitrogen functional groups attached to an aromatic ring is 1. The Balaban J connectivity index is 2.54. The molecular formula is C13H20ClN3O2. The number of hydrogen-bond acceptors (Lipinski definition) is 4. The first-order valence-corrected chi connectivity index (χ1v) is 6.62. The minimum absolute atomic E-state index is 0.127. The number of carbonyl (C=O) groups is 1. The first-order chi connectivity index (χ1) is 9.06. The van der Waals surface area contributed by atoms with E-state index in [-0.39, 0.29) is 19.1 Å². The fourth-order valence-electron chi connectivity index (χ4n) is 1.68. The van der Waals surface area contributed by atoms with Gasteiger partial charge in [0, 0.05) is 18.2 Å². The van der Waals surface area contributed by atoms with E-state index in [4.69, 9.17) is 22.4 Å². The quantitative estimate of drug-likeness (QED) is 0.665. The second kappa shape index (κ2) is 7.99. The van der Waals surface area contributed by atoms with Crippen molar-refractivity contribution >= 4 is 28.9 Å². The SMILES string of the molecule is CCN(CCCO)CC(=O)Nc1ccc(Cl)cc1N. The summed E-state index contributed by atoms with van der Waals surface area (Å²) < 4.78 is 0. The maximum Gasteiger partial charge on any atom is 0.238 e. The lowest BCUT2D eigenvalue weighted by atomic mass is 10.2. The molecule has 0 heterocycles. The van der Waals surface area contributed by atoms with Crippen molar-refractivity contribution in [2.75, 3.05) is 37.3 Å². The van der Waals surface area contributed by atoms with E-state index in [1.54, 1.807) is 18.2 Å². The van der Waals surface area contributed by atoms with Crippen molar-refractivity contribution in [2.24, 2.45) is 0 Å². The number of amides is 1. The van der Waals surface area contributed by atoms with E-state index in [1.165, 1.54) is 0 Å². The van der Waals surface area contributed by atoms with Gasteiger partial charge in [0.05, 0.1) is 17.9 Å². The van der Waals surface area contributed by atoms with Crippen molar-refractivity contribution < 1.29 is 9.90 Å². The van der Waals surface area contributed by atoms with Crippen LogP contribution < -0.4 is 11.1 Å². The lowest BCUT2D eigenvalue weighted by molar-refractivity contribution is -0.117. The molecule has 5 nitrogen and oxygen atoms in total. The highest BCUT2D eigenvalue weighted by molar-refractivity contribution is 6.31. The topological polar surface area (TPSA) is 78.6 Å². The highest BCUT2D eigenvalue weighted by Gasteiger charge is 2.10. The smallest absolute Gasteiger partial charge is 0.238 e. The summed E-state index contributed by atoms with van der Waals surface area (Å²) in [6.45, 7) is 3.82. The van der Waals surface area contributed by atoms with E-state index in [9.17, 15) is 4.79 Å². The Hall–Kier alpha value is -1.30. The molecular weight excluding hydrogens is 266 g/mol. The number of carbonyl (C=O) groups excluding carboxylic acids is 1. The Morgan fingerprint density at radius 2 is 2.26 bits per heavy atom. The fourth-order valence-corrected chi connectivity index (χ4v) is 1.86. The minimum Gasteiger partial charge on any atom is -0.397 e. The van der Waals surface area contributed by atoms with Gasteiger partial charge < -0.3 is 16.2 Å². The number of likely N-dealkylation sites (N-methyl/N-ethyl adjacent to an activating group) is 1. The van der Waals surface area contributed by atoms with Crippen molar-refractivity contribution in [3.05, 3.63) is 23.2 Å². The summed E-state index contributed by atoms with van der Waals surface area (Å²) in [6.07, 6.45) is 0.657. The van der Waals surface area contributed by atoms with Crippen molar-refractivity contribution in [1.82, 2.24) is 4.90 Å². The van der Waals surface area contributed by atoms with Gasteiger partial charge in [-0.1, -0.05) is 18.5 Å². The number of nitrogens with one attached hydrogen (secondary N) is 1. The molecule has 1 amide bonds. The van der Waals surface area contributed by atoms with E-state index in [2.05, 4.69) is 5.32 Å². The second-order valence-electron chi connectivity index (χ2n) is 4.23. The van der Waals surface area contributed by atoms with E-state index in [0.29, 0.717) is 29.4 Å². The fraction of sp³-hybridized carbons (Fsp3) is 0.462. The second-order valence-corrected chi connectivity index (χ2v) is 4.66. The van der Waals surface area contributed by atoms with Gasteiger partial charge in [-0.25, -0.2) is 0 Å². The predicted octanol–water partition coefficient (Wildman–Crippen LogP) is 1.56. The molecule has 0 fully saturated rings. The largest absolute Gasteiger partial charge is 0.397 e. The van der Waals surface area contributed by atoms with Crippen LogP contribution in [0.4, 0.5) is 11.4 Å². The molecule has 0 aliphatic carbocycles. The normalized spacial score (nSPS) is 10.7. The highest BCUT2D eigenvalue weighted by Crippen LogP contribution is 2.22. The first kappa shape index (κ1) is 15.8. The van der Waals surface area contributed by atoms with Crippen LogP contribution in [0.5, 0.6) is 0 Å². The summed E-state index contributed by atoms with van der Waals surface area (Å²) in [4.78, 5) is 13.8. The molecule has 0 aromatic heterocycles. The molecule has 0 saturated carbocycles. The number of rotatable bonds is 7. The number of aliphatic hydroxyl groups excluding tert-OH is 1. The van der Waals surface area contributed by atoms with E-state index in [0.717, 1.165) is 6.54 Å². The molecule has 19 heavy (non-hydrogen) atoms. The van der Waals surface area contributed by atoms with Gasteiger partial charge in [-0.2, -0.15) is 0 Å². The number of anilines is 2. The van der Waals surface area contributed by atoms with Crippen LogP contribution in [0.25, 0.3) is 0 Å². The molecule has 106 valence electrons. The molecule has 1 aromatic carbocycles. The number of benzene rings is 1. The van der Waals surface area contributed by atoms with Crippen LogP contribution in [-0.2, 0) is 4.79 Å².